The molecule has 2 heterocycles. The highest BCUT2D eigenvalue weighted by molar-refractivity contribution is 5.80. The maximum atomic E-state index is 13.9. The van der Waals surface area contributed by atoms with Gasteiger partial charge in [-0.05, 0) is 12.5 Å². The van der Waals surface area contributed by atoms with Crippen LogP contribution in [0.25, 0.3) is 0 Å². The number of hydrazone groups is 1. The average Bonchev–Trinajstić information content (AvgIpc) is 2.59. The number of nitrogens with zero attached hydrogens (tertiary/aromatic N) is 4. The zero-order valence-electron chi connectivity index (χ0n) is 12.9. The van der Waals surface area contributed by atoms with Crippen molar-refractivity contribution in [3.8, 4) is 0 Å². The fourth-order valence-corrected chi connectivity index (χ4v) is 2.23. The van der Waals surface area contributed by atoms with Gasteiger partial charge in [-0.25, -0.2) is 14.8 Å². The van der Waals surface area contributed by atoms with Crippen LogP contribution in [0, 0.1) is 12.7 Å². The Hall–Kier alpha value is -2.54. The average molecular weight is 315 g/mol. The molecule has 0 amide bonds. The zero-order chi connectivity index (χ0) is 16.1. The lowest BCUT2D eigenvalue weighted by molar-refractivity contribution is 0.122. The SMILES string of the molecule is Cc1ccc(/C=N\Nc2ncc(F)c(N3CCOCC3)n2)cc1. The van der Waals surface area contributed by atoms with Gasteiger partial charge in [-0.15, -0.1) is 0 Å². The highest BCUT2D eigenvalue weighted by atomic mass is 19.1. The van der Waals surface area contributed by atoms with Crippen LogP contribution >= 0.6 is 0 Å². The number of morpholine rings is 1. The van der Waals surface area contributed by atoms with Gasteiger partial charge in [0.05, 0.1) is 25.6 Å². The van der Waals surface area contributed by atoms with Crippen molar-refractivity contribution < 1.29 is 9.13 Å². The lowest BCUT2D eigenvalue weighted by Gasteiger charge is -2.27. The molecule has 1 aliphatic rings. The van der Waals surface area contributed by atoms with E-state index in [4.69, 9.17) is 4.74 Å². The molecule has 0 aliphatic carbocycles. The van der Waals surface area contributed by atoms with Gasteiger partial charge in [-0.2, -0.15) is 10.1 Å². The summed E-state index contributed by atoms with van der Waals surface area (Å²) in [6.07, 6.45) is 2.82. The molecule has 1 aromatic carbocycles. The number of hydrogen-bond acceptors (Lipinski definition) is 6. The molecule has 0 saturated carbocycles. The summed E-state index contributed by atoms with van der Waals surface area (Å²) in [5.41, 5.74) is 4.88. The summed E-state index contributed by atoms with van der Waals surface area (Å²) in [6, 6.07) is 7.94. The van der Waals surface area contributed by atoms with Gasteiger partial charge >= 0.3 is 0 Å². The molecular weight excluding hydrogens is 297 g/mol. The van der Waals surface area contributed by atoms with E-state index in [0.717, 1.165) is 11.8 Å². The van der Waals surface area contributed by atoms with Crippen molar-refractivity contribution in [2.24, 2.45) is 5.10 Å². The second-order valence-corrected chi connectivity index (χ2v) is 5.25. The molecule has 0 radical (unpaired) electrons. The summed E-state index contributed by atoms with van der Waals surface area (Å²) in [5, 5.41) is 4.09. The van der Waals surface area contributed by atoms with Crippen molar-refractivity contribution in [3.63, 3.8) is 0 Å². The van der Waals surface area contributed by atoms with E-state index in [1.165, 1.54) is 5.56 Å². The number of anilines is 2. The number of aromatic nitrogens is 2. The highest BCUT2D eigenvalue weighted by Crippen LogP contribution is 2.18. The number of nitrogens with one attached hydrogen (secondary N) is 1. The van der Waals surface area contributed by atoms with Gasteiger partial charge < -0.3 is 9.64 Å². The Morgan fingerprint density at radius 2 is 2.00 bits per heavy atom. The predicted molar refractivity (Wildman–Crippen MR) is 87.4 cm³/mol. The van der Waals surface area contributed by atoms with Gasteiger partial charge in [0, 0.05) is 13.1 Å². The monoisotopic (exact) mass is 315 g/mol. The van der Waals surface area contributed by atoms with Crippen molar-refractivity contribution in [3.05, 3.63) is 47.4 Å². The number of benzene rings is 1. The fraction of sp³-hybridized carbons (Fsp3) is 0.312. The molecule has 1 saturated heterocycles. The van der Waals surface area contributed by atoms with Crippen molar-refractivity contribution in [2.75, 3.05) is 36.6 Å². The number of rotatable bonds is 4. The smallest absolute Gasteiger partial charge is 0.245 e. The van der Waals surface area contributed by atoms with E-state index >= 15 is 0 Å². The molecule has 1 fully saturated rings. The molecule has 0 bridgehead atoms. The Morgan fingerprint density at radius 1 is 1.26 bits per heavy atom. The Kier molecular flexibility index (Phi) is 4.77. The van der Waals surface area contributed by atoms with Crippen LogP contribution in [-0.2, 0) is 4.74 Å². The third-order valence-corrected chi connectivity index (χ3v) is 3.49. The molecule has 3 rings (SSSR count). The predicted octanol–water partition coefficient (Wildman–Crippen LogP) is 2.21. The maximum absolute atomic E-state index is 13.9. The number of aryl methyl sites for hydroxylation is 1. The Balaban J connectivity index is 1.69. The third-order valence-electron chi connectivity index (χ3n) is 3.49. The zero-order valence-corrected chi connectivity index (χ0v) is 12.9. The van der Waals surface area contributed by atoms with E-state index in [2.05, 4.69) is 20.5 Å². The molecule has 1 N–H and O–H groups in total. The van der Waals surface area contributed by atoms with Gasteiger partial charge in [-0.1, -0.05) is 29.8 Å². The summed E-state index contributed by atoms with van der Waals surface area (Å²) in [5.74, 6) is 0.0903. The van der Waals surface area contributed by atoms with Crippen LogP contribution in [0.4, 0.5) is 16.2 Å². The molecule has 1 aromatic heterocycles. The van der Waals surface area contributed by atoms with Crippen LogP contribution in [0.2, 0.25) is 0 Å². The molecule has 0 unspecified atom stereocenters. The van der Waals surface area contributed by atoms with Gasteiger partial charge in [0.1, 0.15) is 0 Å². The van der Waals surface area contributed by atoms with Gasteiger partial charge in [0.15, 0.2) is 11.6 Å². The number of hydrogen-bond donors (Lipinski definition) is 1. The van der Waals surface area contributed by atoms with Crippen LogP contribution in [-0.4, -0.2) is 42.5 Å². The van der Waals surface area contributed by atoms with E-state index in [-0.39, 0.29) is 11.8 Å². The fourth-order valence-electron chi connectivity index (χ4n) is 2.23. The first kappa shape index (κ1) is 15.4. The first-order valence-electron chi connectivity index (χ1n) is 7.43. The van der Waals surface area contributed by atoms with Crippen LogP contribution in [0.3, 0.4) is 0 Å². The largest absolute Gasteiger partial charge is 0.378 e. The van der Waals surface area contributed by atoms with Crippen LogP contribution in [0.1, 0.15) is 11.1 Å². The standard InChI is InChI=1S/C16H18FN5O/c1-12-2-4-13(5-3-12)10-19-21-16-18-11-14(17)15(20-16)22-6-8-23-9-7-22/h2-5,10-11H,6-9H2,1H3,(H,18,20,21)/b19-10-. The van der Waals surface area contributed by atoms with Crippen LogP contribution in [0.5, 0.6) is 0 Å². The maximum Gasteiger partial charge on any atom is 0.245 e. The van der Waals surface area contributed by atoms with Gasteiger partial charge in [0.2, 0.25) is 5.95 Å². The van der Waals surface area contributed by atoms with E-state index < -0.39 is 5.82 Å². The molecule has 0 spiro atoms. The first-order valence-corrected chi connectivity index (χ1v) is 7.43. The molecule has 1 aliphatic heterocycles. The van der Waals surface area contributed by atoms with E-state index in [0.29, 0.717) is 26.3 Å². The van der Waals surface area contributed by atoms with Crippen LogP contribution < -0.4 is 10.3 Å². The lowest BCUT2D eigenvalue weighted by Crippen LogP contribution is -2.37. The summed E-state index contributed by atoms with van der Waals surface area (Å²) >= 11 is 0. The highest BCUT2D eigenvalue weighted by Gasteiger charge is 2.17. The first-order chi connectivity index (χ1) is 11.2. The lowest BCUT2D eigenvalue weighted by atomic mass is 10.2. The second-order valence-electron chi connectivity index (χ2n) is 5.25. The Morgan fingerprint density at radius 3 is 2.74 bits per heavy atom. The third kappa shape index (κ3) is 4.01. The Labute approximate surface area is 134 Å². The van der Waals surface area contributed by atoms with Crippen molar-refractivity contribution in [2.45, 2.75) is 6.92 Å². The van der Waals surface area contributed by atoms with Gasteiger partial charge in [0.25, 0.3) is 0 Å². The van der Waals surface area contributed by atoms with Crippen molar-refractivity contribution >= 4 is 18.0 Å². The molecule has 7 heteroatoms. The molecule has 23 heavy (non-hydrogen) atoms. The van der Waals surface area contributed by atoms with Crippen LogP contribution in [0.15, 0.2) is 35.6 Å². The minimum Gasteiger partial charge on any atom is -0.378 e. The second kappa shape index (κ2) is 7.15. The van der Waals surface area contributed by atoms with E-state index in [1.54, 1.807) is 6.21 Å². The summed E-state index contributed by atoms with van der Waals surface area (Å²) in [6.45, 7) is 4.38. The Bertz CT molecular complexity index is 683. The minimum atomic E-state index is -0.444. The molecule has 2 aromatic rings. The summed E-state index contributed by atoms with van der Waals surface area (Å²) in [7, 11) is 0. The van der Waals surface area contributed by atoms with Gasteiger partial charge in [-0.3, -0.25) is 0 Å². The summed E-state index contributed by atoms with van der Waals surface area (Å²) < 4.78 is 19.2. The number of ether oxygens (including phenoxy) is 1. The van der Waals surface area contributed by atoms with Crippen molar-refractivity contribution in [1.82, 2.24) is 9.97 Å². The summed E-state index contributed by atoms with van der Waals surface area (Å²) in [4.78, 5) is 9.95. The minimum absolute atomic E-state index is 0.260. The molecular formula is C16H18FN5O. The molecule has 6 nitrogen and oxygen atoms in total. The quantitative estimate of drug-likeness (QED) is 0.692. The normalized spacial score (nSPS) is 15.1. The topological polar surface area (TPSA) is 62.6 Å². The molecule has 120 valence electrons. The van der Waals surface area contributed by atoms with Crippen molar-refractivity contribution in [1.29, 1.82) is 0 Å². The van der Waals surface area contributed by atoms with E-state index in [1.807, 2.05) is 36.1 Å². The molecule has 0 atom stereocenters. The number of halogens is 1. The van der Waals surface area contributed by atoms with E-state index in [9.17, 15) is 4.39 Å².